The first-order valence-electron chi connectivity index (χ1n) is 3.42. The van der Waals surface area contributed by atoms with E-state index in [-0.39, 0.29) is 26.5 Å². The molecule has 0 unspecified atom stereocenters. The van der Waals surface area contributed by atoms with E-state index in [1.54, 1.807) is 0 Å². The van der Waals surface area contributed by atoms with Crippen LogP contribution in [0.2, 0.25) is 15.6 Å². The van der Waals surface area contributed by atoms with E-state index >= 15 is 0 Å². The van der Waals surface area contributed by atoms with Crippen molar-refractivity contribution in [3.8, 4) is 0 Å². The van der Waals surface area contributed by atoms with Crippen LogP contribution >= 0.6 is 34.8 Å². The summed E-state index contributed by atoms with van der Waals surface area (Å²) >= 11 is 16.9. The van der Waals surface area contributed by atoms with Crippen LogP contribution in [0.4, 0.5) is 4.39 Å². The van der Waals surface area contributed by atoms with Gasteiger partial charge in [0, 0.05) is 0 Å². The highest BCUT2D eigenvalue weighted by atomic mass is 35.5. The minimum absolute atomic E-state index is 0.0167. The molecule has 0 aliphatic rings. The minimum atomic E-state index is -0.643. The van der Waals surface area contributed by atoms with Crippen molar-refractivity contribution < 1.29 is 4.39 Å². The average molecular weight is 252 g/mol. The van der Waals surface area contributed by atoms with Crippen molar-refractivity contribution in [2.75, 3.05) is 0 Å². The molecular weight excluding hydrogens is 251 g/mol. The Kier molecular flexibility index (Phi) is 2.43. The Bertz CT molecular complexity index is 517. The van der Waals surface area contributed by atoms with Crippen LogP contribution in [0.5, 0.6) is 0 Å². The fraction of sp³-hybridized carbons (Fsp3) is 0. The van der Waals surface area contributed by atoms with E-state index < -0.39 is 5.82 Å². The van der Waals surface area contributed by atoms with Gasteiger partial charge < -0.3 is 0 Å². The molecule has 0 bridgehead atoms. The molecule has 0 radical (unpaired) electrons. The van der Waals surface area contributed by atoms with Gasteiger partial charge in [0.2, 0.25) is 5.28 Å². The average Bonchev–Trinajstić information content (AvgIpc) is 2.10. The highest BCUT2D eigenvalue weighted by Gasteiger charge is 2.13. The highest BCUT2D eigenvalue weighted by molar-refractivity contribution is 6.41. The number of hydrogen-bond donors (Lipinski definition) is 0. The van der Waals surface area contributed by atoms with Gasteiger partial charge in [-0.1, -0.05) is 23.2 Å². The molecule has 3 nitrogen and oxygen atoms in total. The minimum Gasteiger partial charge on any atom is -0.241 e. The van der Waals surface area contributed by atoms with Crippen molar-refractivity contribution >= 4 is 45.7 Å². The van der Waals surface area contributed by atoms with Crippen LogP contribution in [0.3, 0.4) is 0 Å². The van der Waals surface area contributed by atoms with E-state index in [9.17, 15) is 4.39 Å². The molecule has 0 N–H and O–H groups in total. The predicted octanol–water partition coefficient (Wildman–Crippen LogP) is 3.12. The summed E-state index contributed by atoms with van der Waals surface area (Å²) in [4.78, 5) is 10.9. The van der Waals surface area contributed by atoms with E-state index in [1.165, 1.54) is 0 Å². The van der Waals surface area contributed by atoms with Gasteiger partial charge in [0.25, 0.3) is 0 Å². The highest BCUT2D eigenvalue weighted by Crippen LogP contribution is 2.28. The maximum Gasteiger partial charge on any atom is 0.224 e. The second-order valence-electron chi connectivity index (χ2n) is 2.40. The van der Waals surface area contributed by atoms with Crippen LogP contribution in [-0.2, 0) is 0 Å². The summed E-state index contributed by atoms with van der Waals surface area (Å²) in [6, 6.07) is 0. The number of rotatable bonds is 0. The number of fused-ring (bicyclic) bond motifs is 1. The first kappa shape index (κ1) is 9.83. The first-order chi connectivity index (χ1) is 6.59. The zero-order valence-electron chi connectivity index (χ0n) is 6.43. The van der Waals surface area contributed by atoms with Gasteiger partial charge in [0.1, 0.15) is 15.8 Å². The van der Waals surface area contributed by atoms with E-state index in [1.807, 2.05) is 0 Å². The van der Waals surface area contributed by atoms with Gasteiger partial charge >= 0.3 is 0 Å². The van der Waals surface area contributed by atoms with Crippen LogP contribution < -0.4 is 0 Å². The molecule has 2 aromatic heterocycles. The lowest BCUT2D eigenvalue weighted by atomic mass is 10.3. The fourth-order valence-corrected chi connectivity index (χ4v) is 1.75. The molecule has 2 rings (SSSR count). The molecule has 0 aromatic carbocycles. The van der Waals surface area contributed by atoms with Crippen LogP contribution in [0.25, 0.3) is 10.9 Å². The van der Waals surface area contributed by atoms with Crippen molar-refractivity contribution in [2.24, 2.45) is 0 Å². The van der Waals surface area contributed by atoms with Crippen molar-refractivity contribution in [2.45, 2.75) is 0 Å². The molecule has 7 heteroatoms. The van der Waals surface area contributed by atoms with E-state index in [4.69, 9.17) is 34.8 Å². The Morgan fingerprint density at radius 3 is 2.50 bits per heavy atom. The maximum atomic E-state index is 13.2. The molecule has 14 heavy (non-hydrogen) atoms. The largest absolute Gasteiger partial charge is 0.241 e. The number of aromatic nitrogens is 3. The van der Waals surface area contributed by atoms with Crippen molar-refractivity contribution in [1.82, 2.24) is 15.0 Å². The lowest BCUT2D eigenvalue weighted by Crippen LogP contribution is -1.92. The number of hydrogen-bond acceptors (Lipinski definition) is 3. The summed E-state index contributed by atoms with van der Waals surface area (Å²) in [6.45, 7) is 0. The van der Waals surface area contributed by atoms with Gasteiger partial charge in [0.15, 0.2) is 5.82 Å². The Labute approximate surface area is 92.8 Å². The molecule has 0 aliphatic carbocycles. The third kappa shape index (κ3) is 1.49. The molecule has 2 aromatic rings. The molecular formula is C7HCl3FN3. The normalized spacial score (nSPS) is 10.9. The van der Waals surface area contributed by atoms with Gasteiger partial charge in [-0.2, -0.15) is 0 Å². The molecule has 0 saturated heterocycles. The second kappa shape index (κ2) is 3.46. The summed E-state index contributed by atoms with van der Waals surface area (Å²) < 4.78 is 13.2. The number of nitrogens with zero attached hydrogens (tertiary/aromatic N) is 3. The molecule has 0 aliphatic heterocycles. The monoisotopic (exact) mass is 251 g/mol. The summed E-state index contributed by atoms with van der Waals surface area (Å²) in [6.07, 6.45) is 0.949. The zero-order chi connectivity index (χ0) is 10.3. The van der Waals surface area contributed by atoms with Gasteiger partial charge in [-0.05, 0) is 11.6 Å². The van der Waals surface area contributed by atoms with E-state index in [2.05, 4.69) is 15.0 Å². The fourth-order valence-electron chi connectivity index (χ4n) is 1.00. The molecule has 72 valence electrons. The molecule has 0 saturated carbocycles. The lowest BCUT2D eigenvalue weighted by molar-refractivity contribution is 0.630. The zero-order valence-corrected chi connectivity index (χ0v) is 8.70. The van der Waals surface area contributed by atoms with Gasteiger partial charge in [-0.3, -0.25) is 0 Å². The smallest absolute Gasteiger partial charge is 0.224 e. The summed E-state index contributed by atoms with van der Waals surface area (Å²) in [7, 11) is 0. The SMILES string of the molecule is Fc1cnc(Cl)c2c(Cl)nc(Cl)nc12. The van der Waals surface area contributed by atoms with Crippen LogP contribution in [0, 0.1) is 5.82 Å². The molecule has 0 spiro atoms. The maximum absolute atomic E-state index is 13.2. The Morgan fingerprint density at radius 1 is 1.07 bits per heavy atom. The van der Waals surface area contributed by atoms with Crippen molar-refractivity contribution in [3.63, 3.8) is 0 Å². The summed E-state index contributed by atoms with van der Waals surface area (Å²) in [5, 5.41) is 0.0569. The molecule has 0 amide bonds. The Morgan fingerprint density at radius 2 is 1.79 bits per heavy atom. The molecule has 0 atom stereocenters. The molecule has 0 fully saturated rings. The number of halogens is 4. The van der Waals surface area contributed by atoms with Crippen LogP contribution in [0.15, 0.2) is 6.20 Å². The molecule has 2 heterocycles. The van der Waals surface area contributed by atoms with Crippen molar-refractivity contribution in [1.29, 1.82) is 0 Å². The van der Waals surface area contributed by atoms with Crippen LogP contribution in [0.1, 0.15) is 0 Å². The quantitative estimate of drug-likeness (QED) is 0.411. The summed E-state index contributed by atoms with van der Waals surface area (Å²) in [5.74, 6) is -0.643. The number of pyridine rings is 1. The lowest BCUT2D eigenvalue weighted by Gasteiger charge is -2.01. The van der Waals surface area contributed by atoms with Crippen molar-refractivity contribution in [3.05, 3.63) is 27.6 Å². The Hall–Kier alpha value is -0.710. The third-order valence-electron chi connectivity index (χ3n) is 1.56. The third-order valence-corrected chi connectivity index (χ3v) is 2.29. The second-order valence-corrected chi connectivity index (χ2v) is 3.46. The van der Waals surface area contributed by atoms with E-state index in [0.29, 0.717) is 0 Å². The first-order valence-corrected chi connectivity index (χ1v) is 4.55. The van der Waals surface area contributed by atoms with Gasteiger partial charge in [-0.15, -0.1) is 0 Å². The standard InChI is InChI=1S/C7HCl3FN3/c8-5-3-4(2(11)1-12-5)13-7(10)14-6(3)9/h1H. The Balaban J connectivity index is 3.00. The summed E-state index contributed by atoms with van der Waals surface area (Å²) in [5.41, 5.74) is -0.0324. The van der Waals surface area contributed by atoms with E-state index in [0.717, 1.165) is 6.20 Å². The van der Waals surface area contributed by atoms with Gasteiger partial charge in [0.05, 0.1) is 11.6 Å². The topological polar surface area (TPSA) is 38.7 Å². The predicted molar refractivity (Wildman–Crippen MR) is 52.3 cm³/mol. The van der Waals surface area contributed by atoms with Gasteiger partial charge in [-0.25, -0.2) is 19.3 Å². The van der Waals surface area contributed by atoms with Crippen LogP contribution in [-0.4, -0.2) is 15.0 Å².